The number of hydrogen-bond donors (Lipinski definition) is 0. The molecule has 3 rings (SSSR count). The van der Waals surface area contributed by atoms with Crippen LogP contribution in [0.3, 0.4) is 0 Å². The molecule has 7 heteroatoms. The molecule has 0 N–H and O–H groups in total. The summed E-state index contributed by atoms with van der Waals surface area (Å²) in [6.07, 6.45) is 0. The molecular weight excluding hydrogens is 310 g/mol. The average Bonchev–Trinajstić information content (AvgIpc) is 3.04. The number of piperazine rings is 1. The van der Waals surface area contributed by atoms with Gasteiger partial charge in [0, 0.05) is 37.4 Å². The van der Waals surface area contributed by atoms with E-state index in [2.05, 4.69) is 9.80 Å². The zero-order chi connectivity index (χ0) is 17.1. The molecule has 24 heavy (non-hydrogen) atoms. The summed E-state index contributed by atoms with van der Waals surface area (Å²) in [7, 11) is 0. The monoisotopic (exact) mass is 329 g/mol. The smallest absolute Gasteiger partial charge is 0.404 e. The van der Waals surface area contributed by atoms with E-state index in [9.17, 15) is 14.9 Å². The van der Waals surface area contributed by atoms with Crippen LogP contribution in [0.25, 0.3) is 0 Å². The number of nitrogens with zero attached hydrogens (tertiary/aromatic N) is 3. The van der Waals surface area contributed by atoms with Crippen LogP contribution in [0.4, 0.5) is 11.6 Å². The van der Waals surface area contributed by atoms with Gasteiger partial charge in [-0.2, -0.15) is 0 Å². The summed E-state index contributed by atoms with van der Waals surface area (Å²) >= 11 is 0. The fraction of sp³-hybridized carbons (Fsp3) is 0.353. The van der Waals surface area contributed by atoms with Gasteiger partial charge < -0.3 is 9.32 Å². The maximum atomic E-state index is 11.3. The zero-order valence-corrected chi connectivity index (χ0v) is 13.5. The third kappa shape index (κ3) is 3.62. The number of carbonyl (C=O) groups is 1. The van der Waals surface area contributed by atoms with E-state index in [1.807, 2.05) is 24.3 Å². The molecule has 1 fully saturated rings. The minimum atomic E-state index is -0.522. The highest BCUT2D eigenvalue weighted by molar-refractivity contribution is 5.94. The Hall–Kier alpha value is -2.67. The van der Waals surface area contributed by atoms with E-state index < -0.39 is 4.92 Å². The fourth-order valence-electron chi connectivity index (χ4n) is 2.84. The highest BCUT2D eigenvalue weighted by Crippen LogP contribution is 2.20. The van der Waals surface area contributed by atoms with Crippen LogP contribution >= 0.6 is 0 Å². The second-order valence-corrected chi connectivity index (χ2v) is 5.86. The van der Waals surface area contributed by atoms with Crippen molar-refractivity contribution in [2.75, 3.05) is 31.1 Å². The Labute approximate surface area is 139 Å². The van der Waals surface area contributed by atoms with Crippen LogP contribution in [-0.4, -0.2) is 41.8 Å². The minimum absolute atomic E-state index is 0.0684. The van der Waals surface area contributed by atoms with Crippen molar-refractivity contribution in [1.82, 2.24) is 4.90 Å². The van der Waals surface area contributed by atoms with Gasteiger partial charge in [0.2, 0.25) is 0 Å². The molecule has 7 nitrogen and oxygen atoms in total. The molecule has 0 atom stereocenters. The summed E-state index contributed by atoms with van der Waals surface area (Å²) in [5.74, 6) is 0.467. The standard InChI is InChI=1S/C17H19N3O4/c1-13(21)14-2-4-15(5-3-14)19-10-8-18(9-11-19)12-16-6-7-17(24-16)20(22)23/h2-7H,8-12H2,1H3. The normalized spacial score (nSPS) is 15.5. The maximum absolute atomic E-state index is 11.3. The predicted octanol–water partition coefficient (Wildman–Crippen LogP) is 2.71. The molecule has 2 aromatic rings. The SMILES string of the molecule is CC(=O)c1ccc(N2CCN(Cc3ccc([N+](=O)[O-])o3)CC2)cc1. The molecule has 126 valence electrons. The van der Waals surface area contributed by atoms with Gasteiger partial charge in [-0.05, 0) is 37.3 Å². The third-order valence-corrected chi connectivity index (χ3v) is 4.22. The molecule has 0 spiro atoms. The van der Waals surface area contributed by atoms with Crippen molar-refractivity contribution in [1.29, 1.82) is 0 Å². The van der Waals surface area contributed by atoms with Crippen LogP contribution in [0.2, 0.25) is 0 Å². The van der Waals surface area contributed by atoms with Gasteiger partial charge in [0.1, 0.15) is 10.7 Å². The van der Waals surface area contributed by atoms with Crippen molar-refractivity contribution in [2.45, 2.75) is 13.5 Å². The number of ketones is 1. The number of furan rings is 1. The summed E-state index contributed by atoms with van der Waals surface area (Å²) in [4.78, 5) is 25.9. The minimum Gasteiger partial charge on any atom is -0.404 e. The highest BCUT2D eigenvalue weighted by Gasteiger charge is 2.20. The molecule has 1 aromatic carbocycles. The molecule has 2 heterocycles. The van der Waals surface area contributed by atoms with Gasteiger partial charge in [-0.25, -0.2) is 0 Å². The first kappa shape index (κ1) is 16.2. The van der Waals surface area contributed by atoms with Gasteiger partial charge in [0.05, 0.1) is 12.6 Å². The van der Waals surface area contributed by atoms with Crippen molar-refractivity contribution in [3.8, 4) is 0 Å². The third-order valence-electron chi connectivity index (χ3n) is 4.22. The zero-order valence-electron chi connectivity index (χ0n) is 13.5. The largest absolute Gasteiger partial charge is 0.433 e. The van der Waals surface area contributed by atoms with Crippen molar-refractivity contribution in [2.24, 2.45) is 0 Å². The Kier molecular flexibility index (Phi) is 4.61. The van der Waals surface area contributed by atoms with Gasteiger partial charge in [0.15, 0.2) is 5.78 Å². The van der Waals surface area contributed by atoms with Crippen LogP contribution in [-0.2, 0) is 6.54 Å². The quantitative estimate of drug-likeness (QED) is 0.477. The number of hydrogen-bond acceptors (Lipinski definition) is 6. The fourth-order valence-corrected chi connectivity index (χ4v) is 2.84. The molecule has 1 aliphatic heterocycles. The predicted molar refractivity (Wildman–Crippen MR) is 89.3 cm³/mol. The maximum Gasteiger partial charge on any atom is 0.433 e. The van der Waals surface area contributed by atoms with Crippen molar-refractivity contribution < 1.29 is 14.1 Å². The van der Waals surface area contributed by atoms with E-state index in [-0.39, 0.29) is 11.7 Å². The Balaban J connectivity index is 1.55. The Bertz CT molecular complexity index is 731. The van der Waals surface area contributed by atoms with E-state index in [1.165, 1.54) is 6.07 Å². The first-order chi connectivity index (χ1) is 11.5. The molecule has 0 bridgehead atoms. The summed E-state index contributed by atoms with van der Waals surface area (Å²) in [5, 5.41) is 10.6. The number of benzene rings is 1. The number of carbonyl (C=O) groups excluding carboxylic acids is 1. The average molecular weight is 329 g/mol. The van der Waals surface area contributed by atoms with Crippen LogP contribution in [0, 0.1) is 10.1 Å². The Morgan fingerprint density at radius 2 is 1.79 bits per heavy atom. The molecular formula is C17H19N3O4. The summed E-state index contributed by atoms with van der Waals surface area (Å²) in [6.45, 7) is 5.56. The molecule has 0 amide bonds. The Morgan fingerprint density at radius 1 is 1.12 bits per heavy atom. The number of anilines is 1. The van der Waals surface area contributed by atoms with E-state index in [0.717, 1.165) is 37.4 Å². The van der Waals surface area contributed by atoms with Gasteiger partial charge in [-0.1, -0.05) is 0 Å². The van der Waals surface area contributed by atoms with Crippen molar-refractivity contribution in [3.63, 3.8) is 0 Å². The number of nitro groups is 1. The lowest BCUT2D eigenvalue weighted by molar-refractivity contribution is -0.402. The first-order valence-electron chi connectivity index (χ1n) is 7.84. The number of rotatable bonds is 5. The highest BCUT2D eigenvalue weighted by atomic mass is 16.6. The van der Waals surface area contributed by atoms with Crippen LogP contribution < -0.4 is 4.90 Å². The first-order valence-corrected chi connectivity index (χ1v) is 7.84. The van der Waals surface area contributed by atoms with E-state index in [4.69, 9.17) is 4.42 Å². The Morgan fingerprint density at radius 3 is 2.33 bits per heavy atom. The van der Waals surface area contributed by atoms with Crippen LogP contribution in [0.1, 0.15) is 23.0 Å². The van der Waals surface area contributed by atoms with Crippen LogP contribution in [0.5, 0.6) is 0 Å². The molecule has 0 unspecified atom stereocenters. The van der Waals surface area contributed by atoms with Crippen molar-refractivity contribution in [3.05, 3.63) is 57.8 Å². The second kappa shape index (κ2) is 6.84. The van der Waals surface area contributed by atoms with E-state index in [1.54, 1.807) is 13.0 Å². The molecule has 0 radical (unpaired) electrons. The molecule has 0 aliphatic carbocycles. The molecule has 0 saturated carbocycles. The van der Waals surface area contributed by atoms with Gasteiger partial charge in [0.25, 0.3) is 0 Å². The topological polar surface area (TPSA) is 79.8 Å². The molecule has 1 aromatic heterocycles. The lowest BCUT2D eigenvalue weighted by Gasteiger charge is -2.35. The second-order valence-electron chi connectivity index (χ2n) is 5.86. The van der Waals surface area contributed by atoms with Crippen LogP contribution in [0.15, 0.2) is 40.8 Å². The van der Waals surface area contributed by atoms with Crippen molar-refractivity contribution >= 4 is 17.4 Å². The van der Waals surface area contributed by atoms with E-state index in [0.29, 0.717) is 12.3 Å². The van der Waals surface area contributed by atoms with E-state index >= 15 is 0 Å². The summed E-state index contributed by atoms with van der Waals surface area (Å²) in [5.41, 5.74) is 1.82. The lowest BCUT2D eigenvalue weighted by atomic mass is 10.1. The lowest BCUT2D eigenvalue weighted by Crippen LogP contribution is -2.45. The van der Waals surface area contributed by atoms with Gasteiger partial charge in [-0.15, -0.1) is 0 Å². The number of Topliss-reactive ketones (excluding diaryl/α,β-unsaturated/α-hetero) is 1. The molecule has 1 aliphatic rings. The molecule has 1 saturated heterocycles. The van der Waals surface area contributed by atoms with Gasteiger partial charge in [-0.3, -0.25) is 19.8 Å². The summed E-state index contributed by atoms with van der Waals surface area (Å²) < 4.78 is 5.21. The van der Waals surface area contributed by atoms with Gasteiger partial charge >= 0.3 is 5.88 Å². The summed E-state index contributed by atoms with van der Waals surface area (Å²) in [6, 6.07) is 10.7.